The predicted octanol–water partition coefficient (Wildman–Crippen LogP) is 0.796. The molecule has 1 aliphatic heterocycles. The van der Waals surface area contributed by atoms with Gasteiger partial charge in [0.25, 0.3) is 0 Å². The molecule has 1 saturated heterocycles. The van der Waals surface area contributed by atoms with Gasteiger partial charge in [0.15, 0.2) is 0 Å². The molecule has 104 valence electrons. The van der Waals surface area contributed by atoms with Gasteiger partial charge in [-0.25, -0.2) is 9.59 Å². The van der Waals surface area contributed by atoms with Crippen LogP contribution in [0.5, 0.6) is 0 Å². The second kappa shape index (κ2) is 6.04. The molecule has 0 radical (unpaired) electrons. The average molecular weight is 258 g/mol. The third-order valence-electron chi connectivity index (χ3n) is 3.14. The molecular weight excluding hydrogens is 236 g/mol. The Kier molecular flexibility index (Phi) is 4.95. The summed E-state index contributed by atoms with van der Waals surface area (Å²) in [6.45, 7) is 4.36. The van der Waals surface area contributed by atoms with Gasteiger partial charge in [0.2, 0.25) is 0 Å². The first-order valence-electron chi connectivity index (χ1n) is 6.36. The third-order valence-corrected chi connectivity index (χ3v) is 3.14. The largest absolute Gasteiger partial charge is 0.480 e. The van der Waals surface area contributed by atoms with E-state index in [1.54, 1.807) is 6.92 Å². The van der Waals surface area contributed by atoms with Crippen molar-refractivity contribution in [2.45, 2.75) is 51.2 Å². The quantitative estimate of drug-likeness (QED) is 0.695. The normalized spacial score (nSPS) is 25.6. The van der Waals surface area contributed by atoms with E-state index in [2.05, 4.69) is 5.32 Å². The van der Waals surface area contributed by atoms with E-state index in [0.717, 1.165) is 6.42 Å². The zero-order valence-corrected chi connectivity index (χ0v) is 11.0. The summed E-state index contributed by atoms with van der Waals surface area (Å²) in [6, 6.07) is -1.26. The monoisotopic (exact) mass is 258 g/mol. The lowest BCUT2D eigenvalue weighted by atomic mass is 9.95. The van der Waals surface area contributed by atoms with Crippen LogP contribution >= 0.6 is 0 Å². The van der Waals surface area contributed by atoms with Gasteiger partial charge in [-0.2, -0.15) is 0 Å². The van der Waals surface area contributed by atoms with Crippen molar-refractivity contribution in [3.8, 4) is 0 Å². The molecule has 18 heavy (non-hydrogen) atoms. The van der Waals surface area contributed by atoms with Crippen molar-refractivity contribution in [3.05, 3.63) is 0 Å². The van der Waals surface area contributed by atoms with E-state index >= 15 is 0 Å². The first-order chi connectivity index (χ1) is 8.35. The molecule has 0 aromatic heterocycles. The molecule has 1 heterocycles. The molecule has 2 atom stereocenters. The summed E-state index contributed by atoms with van der Waals surface area (Å²) in [7, 11) is 0. The standard InChI is InChI=1S/C12H22N2O4/c1-3-5-9(10(15)16)13-11(17)14-7-4-6-12(2,18)8-14/h9,18H,3-8H2,1-2H3,(H,13,17)(H,15,16)/t9-,12?/m0/s1. The molecule has 2 amide bonds. The molecule has 0 spiro atoms. The van der Waals surface area contributed by atoms with Crippen molar-refractivity contribution in [3.63, 3.8) is 0 Å². The van der Waals surface area contributed by atoms with Crippen molar-refractivity contribution in [1.82, 2.24) is 10.2 Å². The number of piperidine rings is 1. The number of carbonyl (C=O) groups excluding carboxylic acids is 1. The lowest BCUT2D eigenvalue weighted by Crippen LogP contribution is -2.54. The smallest absolute Gasteiger partial charge is 0.326 e. The van der Waals surface area contributed by atoms with Crippen LogP contribution in [0, 0.1) is 0 Å². The Hall–Kier alpha value is -1.30. The highest BCUT2D eigenvalue weighted by Crippen LogP contribution is 2.20. The maximum absolute atomic E-state index is 11.9. The lowest BCUT2D eigenvalue weighted by Gasteiger charge is -2.37. The van der Waals surface area contributed by atoms with E-state index in [1.807, 2.05) is 6.92 Å². The van der Waals surface area contributed by atoms with Gasteiger partial charge >= 0.3 is 12.0 Å². The van der Waals surface area contributed by atoms with Gasteiger partial charge in [-0.05, 0) is 26.2 Å². The predicted molar refractivity (Wildman–Crippen MR) is 66.3 cm³/mol. The summed E-state index contributed by atoms with van der Waals surface area (Å²) in [5.41, 5.74) is -0.876. The van der Waals surface area contributed by atoms with Crippen LogP contribution in [0.3, 0.4) is 0 Å². The minimum Gasteiger partial charge on any atom is -0.480 e. The number of nitrogens with one attached hydrogen (secondary N) is 1. The topological polar surface area (TPSA) is 89.9 Å². The summed E-state index contributed by atoms with van der Waals surface area (Å²) in [6.07, 6.45) is 2.49. The van der Waals surface area contributed by atoms with Gasteiger partial charge in [0, 0.05) is 6.54 Å². The second-order valence-corrected chi connectivity index (χ2v) is 5.15. The fourth-order valence-corrected chi connectivity index (χ4v) is 2.18. The highest BCUT2D eigenvalue weighted by Gasteiger charge is 2.32. The first kappa shape index (κ1) is 14.8. The second-order valence-electron chi connectivity index (χ2n) is 5.15. The Bertz CT molecular complexity index is 317. The summed E-state index contributed by atoms with van der Waals surface area (Å²) >= 11 is 0. The molecule has 6 nitrogen and oxygen atoms in total. The maximum Gasteiger partial charge on any atom is 0.326 e. The minimum absolute atomic E-state index is 0.247. The number of nitrogens with zero attached hydrogens (tertiary/aromatic N) is 1. The van der Waals surface area contributed by atoms with Gasteiger partial charge in [0.1, 0.15) is 6.04 Å². The van der Waals surface area contributed by atoms with Gasteiger partial charge in [0.05, 0.1) is 12.1 Å². The number of carbonyl (C=O) groups is 2. The molecule has 1 fully saturated rings. The number of β-amino-alcohol motifs (C(OH)–C–C–N with tert-alkyl or cyclic N) is 1. The number of rotatable bonds is 4. The lowest BCUT2D eigenvalue weighted by molar-refractivity contribution is -0.139. The number of urea groups is 1. The van der Waals surface area contributed by atoms with E-state index in [0.29, 0.717) is 25.8 Å². The molecule has 0 aliphatic carbocycles. The van der Waals surface area contributed by atoms with E-state index in [-0.39, 0.29) is 6.54 Å². The number of likely N-dealkylation sites (tertiary alicyclic amines) is 1. The summed E-state index contributed by atoms with van der Waals surface area (Å²) in [5.74, 6) is -1.02. The van der Waals surface area contributed by atoms with Gasteiger partial charge in [-0.1, -0.05) is 13.3 Å². The van der Waals surface area contributed by atoms with Crippen LogP contribution < -0.4 is 5.32 Å². The number of amides is 2. The summed E-state index contributed by atoms with van der Waals surface area (Å²) in [4.78, 5) is 24.3. The van der Waals surface area contributed by atoms with Crippen LogP contribution in [-0.2, 0) is 4.79 Å². The minimum atomic E-state index is -1.02. The SMILES string of the molecule is CCC[C@H](NC(=O)N1CCCC(C)(O)C1)C(=O)O. The molecule has 3 N–H and O–H groups in total. The van der Waals surface area contributed by atoms with E-state index in [4.69, 9.17) is 5.11 Å². The molecule has 1 unspecified atom stereocenters. The number of hydrogen-bond acceptors (Lipinski definition) is 3. The molecule has 6 heteroatoms. The Balaban J connectivity index is 2.55. The maximum atomic E-state index is 11.9. The van der Waals surface area contributed by atoms with Crippen LogP contribution in [0.1, 0.15) is 39.5 Å². The van der Waals surface area contributed by atoms with Crippen LogP contribution in [0.25, 0.3) is 0 Å². The Morgan fingerprint density at radius 1 is 1.50 bits per heavy atom. The number of aliphatic carboxylic acids is 1. The molecule has 0 bridgehead atoms. The summed E-state index contributed by atoms with van der Waals surface area (Å²) in [5, 5.41) is 21.4. The van der Waals surface area contributed by atoms with E-state index in [1.165, 1.54) is 4.90 Å². The fraction of sp³-hybridized carbons (Fsp3) is 0.833. The van der Waals surface area contributed by atoms with Gasteiger partial charge in [-0.15, -0.1) is 0 Å². The number of carboxylic acid groups (broad SMARTS) is 1. The molecule has 0 aromatic carbocycles. The van der Waals surface area contributed by atoms with Crippen LogP contribution in [0.15, 0.2) is 0 Å². The zero-order chi connectivity index (χ0) is 13.8. The molecule has 0 saturated carbocycles. The first-order valence-corrected chi connectivity index (χ1v) is 6.36. The molecule has 0 aromatic rings. The Morgan fingerprint density at radius 2 is 2.17 bits per heavy atom. The molecule has 1 aliphatic rings. The third kappa shape index (κ3) is 4.18. The van der Waals surface area contributed by atoms with Crippen molar-refractivity contribution in [2.24, 2.45) is 0 Å². The van der Waals surface area contributed by atoms with Gasteiger partial charge in [-0.3, -0.25) is 0 Å². The van der Waals surface area contributed by atoms with Crippen LogP contribution in [0.4, 0.5) is 4.79 Å². The van der Waals surface area contributed by atoms with Crippen molar-refractivity contribution in [2.75, 3.05) is 13.1 Å². The molecule has 1 rings (SSSR count). The number of aliphatic hydroxyl groups is 1. The average Bonchev–Trinajstić information content (AvgIpc) is 2.26. The Morgan fingerprint density at radius 3 is 2.67 bits per heavy atom. The zero-order valence-electron chi connectivity index (χ0n) is 11.0. The Labute approximate surface area is 107 Å². The van der Waals surface area contributed by atoms with E-state index in [9.17, 15) is 14.7 Å². The van der Waals surface area contributed by atoms with E-state index < -0.39 is 23.6 Å². The van der Waals surface area contributed by atoms with Crippen molar-refractivity contribution in [1.29, 1.82) is 0 Å². The van der Waals surface area contributed by atoms with Crippen LogP contribution in [0.2, 0.25) is 0 Å². The van der Waals surface area contributed by atoms with Crippen molar-refractivity contribution < 1.29 is 19.8 Å². The molecular formula is C12H22N2O4. The highest BCUT2D eigenvalue weighted by molar-refractivity contribution is 5.82. The van der Waals surface area contributed by atoms with Crippen molar-refractivity contribution >= 4 is 12.0 Å². The van der Waals surface area contributed by atoms with Gasteiger partial charge < -0.3 is 20.4 Å². The van der Waals surface area contributed by atoms with Crippen LogP contribution in [-0.4, -0.2) is 51.8 Å². The number of hydrogen-bond donors (Lipinski definition) is 3. The summed E-state index contributed by atoms with van der Waals surface area (Å²) < 4.78 is 0. The fourth-order valence-electron chi connectivity index (χ4n) is 2.18. The highest BCUT2D eigenvalue weighted by atomic mass is 16.4. The number of carboxylic acids is 1.